The highest BCUT2D eigenvalue weighted by Crippen LogP contribution is 2.21. The number of carbonyl (C=O) groups excluding carboxylic acids is 2. The quantitative estimate of drug-likeness (QED) is 0.659. The first kappa shape index (κ1) is 14.0. The number of thiophene rings is 1. The summed E-state index contributed by atoms with van der Waals surface area (Å²) in [5.74, 6) is -0.429. The molecule has 0 fully saturated rings. The first-order valence-electron chi connectivity index (χ1n) is 5.21. The van der Waals surface area contributed by atoms with E-state index in [9.17, 15) is 9.59 Å². The highest BCUT2D eigenvalue weighted by molar-refractivity contribution is 8.01. The first-order chi connectivity index (χ1) is 9.15. The lowest BCUT2D eigenvalue weighted by Crippen LogP contribution is -2.42. The van der Waals surface area contributed by atoms with Gasteiger partial charge in [-0.25, -0.2) is 0 Å². The van der Waals surface area contributed by atoms with E-state index in [2.05, 4.69) is 21.0 Å². The largest absolute Gasteiger partial charge is 0.279 e. The molecule has 6 nitrogen and oxygen atoms in total. The van der Waals surface area contributed by atoms with Crippen molar-refractivity contribution in [1.82, 2.24) is 21.0 Å². The van der Waals surface area contributed by atoms with Gasteiger partial charge in [0, 0.05) is 0 Å². The summed E-state index contributed by atoms with van der Waals surface area (Å²) in [4.78, 5) is 23.6. The van der Waals surface area contributed by atoms with Crippen LogP contribution in [0.15, 0.2) is 21.9 Å². The SMILES string of the molecule is Cc1nnc(SCC(=O)NNC(=O)c2cccs2)s1. The number of hydrogen-bond donors (Lipinski definition) is 2. The average molecular weight is 314 g/mol. The molecule has 2 heterocycles. The van der Waals surface area contributed by atoms with Crippen molar-refractivity contribution >= 4 is 46.2 Å². The Bertz CT molecular complexity index is 567. The van der Waals surface area contributed by atoms with Crippen LogP contribution < -0.4 is 10.9 Å². The third-order valence-electron chi connectivity index (χ3n) is 1.89. The van der Waals surface area contributed by atoms with E-state index in [-0.39, 0.29) is 17.6 Å². The lowest BCUT2D eigenvalue weighted by molar-refractivity contribution is -0.119. The van der Waals surface area contributed by atoms with E-state index < -0.39 is 0 Å². The molecule has 0 saturated carbocycles. The Labute approximate surface area is 121 Å². The Hall–Kier alpha value is -1.45. The highest BCUT2D eigenvalue weighted by Gasteiger charge is 2.09. The summed E-state index contributed by atoms with van der Waals surface area (Å²) in [6.07, 6.45) is 0. The topological polar surface area (TPSA) is 84.0 Å². The van der Waals surface area contributed by atoms with E-state index in [1.54, 1.807) is 17.5 Å². The molecule has 0 saturated heterocycles. The molecule has 2 aromatic rings. The highest BCUT2D eigenvalue weighted by atomic mass is 32.2. The molecule has 0 bridgehead atoms. The van der Waals surface area contributed by atoms with Gasteiger partial charge >= 0.3 is 0 Å². The number of thioether (sulfide) groups is 1. The molecule has 2 rings (SSSR count). The molecule has 0 unspecified atom stereocenters. The Balaban J connectivity index is 1.71. The molecular formula is C10H10N4O2S3. The molecular weight excluding hydrogens is 304 g/mol. The molecule has 0 atom stereocenters. The van der Waals surface area contributed by atoms with Crippen LogP contribution in [0, 0.1) is 6.92 Å². The lowest BCUT2D eigenvalue weighted by atomic mass is 10.4. The number of rotatable bonds is 4. The van der Waals surface area contributed by atoms with Crippen LogP contribution >= 0.6 is 34.4 Å². The smallest absolute Gasteiger partial charge is 0.272 e. The summed E-state index contributed by atoms with van der Waals surface area (Å²) < 4.78 is 0.734. The minimum Gasteiger partial charge on any atom is -0.272 e. The molecule has 2 aromatic heterocycles. The number of aryl methyl sites for hydroxylation is 1. The van der Waals surface area contributed by atoms with Gasteiger partial charge in [0.1, 0.15) is 5.01 Å². The normalized spacial score (nSPS) is 10.2. The van der Waals surface area contributed by atoms with E-state index >= 15 is 0 Å². The Morgan fingerprint density at radius 1 is 1.37 bits per heavy atom. The van der Waals surface area contributed by atoms with Gasteiger partial charge in [-0.2, -0.15) is 0 Å². The van der Waals surface area contributed by atoms with E-state index in [0.29, 0.717) is 4.88 Å². The van der Waals surface area contributed by atoms with Crippen LogP contribution in [0.25, 0.3) is 0 Å². The summed E-state index contributed by atoms with van der Waals surface area (Å²) in [7, 11) is 0. The van der Waals surface area contributed by atoms with Gasteiger partial charge in [-0.15, -0.1) is 21.5 Å². The van der Waals surface area contributed by atoms with Crippen molar-refractivity contribution in [2.24, 2.45) is 0 Å². The minimum absolute atomic E-state index is 0.180. The van der Waals surface area contributed by atoms with Gasteiger partial charge < -0.3 is 0 Å². The molecule has 9 heteroatoms. The van der Waals surface area contributed by atoms with Crippen LogP contribution in [-0.2, 0) is 4.79 Å². The van der Waals surface area contributed by atoms with Gasteiger partial charge in [0.05, 0.1) is 10.6 Å². The minimum atomic E-state index is -0.319. The van der Waals surface area contributed by atoms with Crippen molar-refractivity contribution in [2.75, 3.05) is 5.75 Å². The molecule has 0 aliphatic carbocycles. The predicted molar refractivity (Wildman–Crippen MR) is 75.3 cm³/mol. The predicted octanol–water partition coefficient (Wildman–Crippen LogP) is 1.46. The van der Waals surface area contributed by atoms with E-state index in [0.717, 1.165) is 9.35 Å². The van der Waals surface area contributed by atoms with Crippen LogP contribution in [0.1, 0.15) is 14.7 Å². The van der Waals surface area contributed by atoms with E-state index in [1.165, 1.54) is 34.4 Å². The summed E-state index contributed by atoms with van der Waals surface area (Å²) >= 11 is 4.02. The Kier molecular flexibility index (Phi) is 4.88. The van der Waals surface area contributed by atoms with Crippen molar-refractivity contribution in [3.05, 3.63) is 27.4 Å². The van der Waals surface area contributed by atoms with Gasteiger partial charge in [-0.3, -0.25) is 20.4 Å². The molecule has 19 heavy (non-hydrogen) atoms. The summed E-state index contributed by atoms with van der Waals surface area (Å²) in [5.41, 5.74) is 4.70. The number of hydrazine groups is 1. The summed E-state index contributed by atoms with van der Waals surface area (Å²) in [6, 6.07) is 3.46. The number of nitrogens with zero attached hydrogens (tertiary/aromatic N) is 2. The van der Waals surface area contributed by atoms with Crippen LogP contribution in [-0.4, -0.2) is 27.8 Å². The molecule has 0 aliphatic rings. The van der Waals surface area contributed by atoms with Gasteiger partial charge in [0.2, 0.25) is 5.91 Å². The van der Waals surface area contributed by atoms with Crippen molar-refractivity contribution < 1.29 is 9.59 Å². The third kappa shape index (κ3) is 4.30. The molecule has 2 amide bonds. The lowest BCUT2D eigenvalue weighted by Gasteiger charge is -2.04. The number of nitrogens with one attached hydrogen (secondary N) is 2. The van der Waals surface area contributed by atoms with Crippen molar-refractivity contribution in [3.63, 3.8) is 0 Å². The van der Waals surface area contributed by atoms with Crippen LogP contribution in [0.4, 0.5) is 0 Å². The molecule has 0 aromatic carbocycles. The van der Waals surface area contributed by atoms with Crippen LogP contribution in [0.2, 0.25) is 0 Å². The number of aromatic nitrogens is 2. The fourth-order valence-electron chi connectivity index (χ4n) is 1.10. The zero-order valence-corrected chi connectivity index (χ0v) is 12.3. The van der Waals surface area contributed by atoms with Crippen molar-refractivity contribution in [3.8, 4) is 0 Å². The maximum Gasteiger partial charge on any atom is 0.279 e. The second-order valence-electron chi connectivity index (χ2n) is 3.36. The van der Waals surface area contributed by atoms with Gasteiger partial charge in [0.15, 0.2) is 4.34 Å². The van der Waals surface area contributed by atoms with Gasteiger partial charge in [0.25, 0.3) is 5.91 Å². The number of hydrogen-bond acceptors (Lipinski definition) is 7. The second kappa shape index (κ2) is 6.64. The van der Waals surface area contributed by atoms with E-state index in [4.69, 9.17) is 0 Å². The molecule has 0 spiro atoms. The number of carbonyl (C=O) groups is 2. The van der Waals surface area contributed by atoms with Crippen molar-refractivity contribution in [2.45, 2.75) is 11.3 Å². The van der Waals surface area contributed by atoms with Gasteiger partial charge in [-0.1, -0.05) is 29.2 Å². The monoisotopic (exact) mass is 314 g/mol. The maximum absolute atomic E-state index is 11.5. The zero-order chi connectivity index (χ0) is 13.7. The van der Waals surface area contributed by atoms with E-state index in [1.807, 2.05) is 6.92 Å². The Morgan fingerprint density at radius 3 is 2.84 bits per heavy atom. The third-order valence-corrected chi connectivity index (χ3v) is 4.74. The van der Waals surface area contributed by atoms with Gasteiger partial charge in [-0.05, 0) is 18.4 Å². The second-order valence-corrected chi connectivity index (χ2v) is 6.71. The molecule has 0 aliphatic heterocycles. The fraction of sp³-hybridized carbons (Fsp3) is 0.200. The van der Waals surface area contributed by atoms with Crippen LogP contribution in [0.5, 0.6) is 0 Å². The number of amides is 2. The first-order valence-corrected chi connectivity index (χ1v) is 7.89. The molecule has 100 valence electrons. The fourth-order valence-corrected chi connectivity index (χ4v) is 3.33. The van der Waals surface area contributed by atoms with Crippen LogP contribution in [0.3, 0.4) is 0 Å². The molecule has 0 radical (unpaired) electrons. The zero-order valence-electron chi connectivity index (χ0n) is 9.87. The van der Waals surface area contributed by atoms with Crippen molar-refractivity contribution in [1.29, 1.82) is 0 Å². The standard InChI is InChI=1S/C10H10N4O2S3/c1-6-11-14-10(19-6)18-5-8(15)12-13-9(16)7-3-2-4-17-7/h2-4H,5H2,1H3,(H,12,15)(H,13,16). The summed E-state index contributed by atoms with van der Waals surface area (Å²) in [6.45, 7) is 1.85. The average Bonchev–Trinajstić information content (AvgIpc) is 3.04. The maximum atomic E-state index is 11.5. The summed E-state index contributed by atoms with van der Waals surface area (Å²) in [5, 5.41) is 10.4. The molecule has 2 N–H and O–H groups in total. The Morgan fingerprint density at radius 2 is 2.21 bits per heavy atom.